The van der Waals surface area contributed by atoms with Crippen LogP contribution < -0.4 is 10.1 Å². The van der Waals surface area contributed by atoms with Crippen molar-refractivity contribution in [2.75, 3.05) is 20.2 Å². The molecule has 2 saturated heterocycles. The number of urea groups is 1. The molecule has 1 aromatic carbocycles. The molecule has 0 aromatic heterocycles. The second-order valence-electron chi connectivity index (χ2n) is 7.56. The number of nitrogens with zero attached hydrogens (tertiary/aromatic N) is 2. The third kappa shape index (κ3) is 3.38. The molecule has 4 amide bonds. The maximum absolute atomic E-state index is 13.0. The van der Waals surface area contributed by atoms with E-state index in [-0.39, 0.29) is 18.5 Å². The molecule has 7 nitrogen and oxygen atoms in total. The molecule has 3 rings (SSSR count). The predicted octanol–water partition coefficient (Wildman–Crippen LogP) is 2.17. The van der Waals surface area contributed by atoms with Crippen molar-refractivity contribution in [1.29, 1.82) is 0 Å². The lowest BCUT2D eigenvalue weighted by molar-refractivity contribution is -0.140. The molecule has 146 valence electrons. The molecule has 2 aliphatic heterocycles. The Hall–Kier alpha value is -2.57. The van der Waals surface area contributed by atoms with Crippen LogP contribution in [-0.4, -0.2) is 53.9 Å². The molecule has 27 heavy (non-hydrogen) atoms. The van der Waals surface area contributed by atoms with E-state index in [1.54, 1.807) is 31.1 Å². The first-order chi connectivity index (χ1) is 12.8. The number of rotatable bonds is 4. The first-order valence-electron chi connectivity index (χ1n) is 9.36. The summed E-state index contributed by atoms with van der Waals surface area (Å²) in [6.45, 7) is 6.01. The highest BCUT2D eigenvalue weighted by atomic mass is 16.5. The van der Waals surface area contributed by atoms with Crippen molar-refractivity contribution in [2.45, 2.75) is 51.6 Å². The summed E-state index contributed by atoms with van der Waals surface area (Å²) in [5, 5.41) is 2.76. The monoisotopic (exact) mass is 373 g/mol. The highest BCUT2D eigenvalue weighted by Crippen LogP contribution is 2.32. The van der Waals surface area contributed by atoms with Gasteiger partial charge in [0.1, 0.15) is 17.8 Å². The van der Waals surface area contributed by atoms with E-state index in [1.165, 1.54) is 0 Å². The molecule has 0 radical (unpaired) electrons. The summed E-state index contributed by atoms with van der Waals surface area (Å²) in [5.74, 6) is 0.126. The molecule has 0 aliphatic carbocycles. The Kier molecular flexibility index (Phi) is 5.13. The molecule has 1 aromatic rings. The number of amides is 4. The molecule has 7 heteroatoms. The van der Waals surface area contributed by atoms with Crippen LogP contribution in [0.4, 0.5) is 4.79 Å². The lowest BCUT2D eigenvalue weighted by Gasteiger charge is -2.34. The van der Waals surface area contributed by atoms with Crippen molar-refractivity contribution in [1.82, 2.24) is 15.1 Å². The molecular weight excluding hydrogens is 346 g/mol. The van der Waals surface area contributed by atoms with Crippen LogP contribution in [0, 0.1) is 6.92 Å². The second-order valence-corrected chi connectivity index (χ2v) is 7.56. The van der Waals surface area contributed by atoms with E-state index >= 15 is 0 Å². The number of piperidine rings is 1. The standard InChI is InChI=1S/C20H27N3O4/c1-13-11-15(8-9-16(13)27-4)20(3)18(25)23(19(26)21-20)12-17(24)22-10-6-5-7-14(22)2/h8-9,11,14H,5-7,10,12H2,1-4H3,(H,21,26). The summed E-state index contributed by atoms with van der Waals surface area (Å²) < 4.78 is 5.26. The number of imide groups is 1. The Morgan fingerprint density at radius 3 is 2.70 bits per heavy atom. The molecule has 1 N–H and O–H groups in total. The van der Waals surface area contributed by atoms with Crippen LogP contribution in [0.1, 0.15) is 44.2 Å². The Balaban J connectivity index is 1.80. The lowest BCUT2D eigenvalue weighted by Crippen LogP contribution is -2.48. The van der Waals surface area contributed by atoms with Gasteiger partial charge in [0.15, 0.2) is 0 Å². The number of likely N-dealkylation sites (tertiary alicyclic amines) is 1. The first-order valence-corrected chi connectivity index (χ1v) is 9.36. The molecular formula is C20H27N3O4. The first kappa shape index (κ1) is 19.2. The molecule has 2 unspecified atom stereocenters. The van der Waals surface area contributed by atoms with Gasteiger partial charge in [-0.05, 0) is 63.3 Å². The van der Waals surface area contributed by atoms with Crippen LogP contribution in [0.2, 0.25) is 0 Å². The van der Waals surface area contributed by atoms with E-state index in [0.717, 1.165) is 29.7 Å². The van der Waals surface area contributed by atoms with Crippen LogP contribution >= 0.6 is 0 Å². The summed E-state index contributed by atoms with van der Waals surface area (Å²) in [4.78, 5) is 41.0. The largest absolute Gasteiger partial charge is 0.496 e. The number of methoxy groups -OCH3 is 1. The zero-order valence-corrected chi connectivity index (χ0v) is 16.4. The van der Waals surface area contributed by atoms with Crippen LogP contribution in [-0.2, 0) is 15.1 Å². The van der Waals surface area contributed by atoms with E-state index < -0.39 is 17.5 Å². The van der Waals surface area contributed by atoms with Crippen molar-refractivity contribution in [3.63, 3.8) is 0 Å². The van der Waals surface area contributed by atoms with Gasteiger partial charge in [-0.15, -0.1) is 0 Å². The summed E-state index contributed by atoms with van der Waals surface area (Å²) in [5.41, 5.74) is 0.345. The zero-order valence-electron chi connectivity index (χ0n) is 16.4. The quantitative estimate of drug-likeness (QED) is 0.821. The van der Waals surface area contributed by atoms with Crippen molar-refractivity contribution in [2.24, 2.45) is 0 Å². The maximum atomic E-state index is 13.0. The Bertz CT molecular complexity index is 778. The van der Waals surface area contributed by atoms with Gasteiger partial charge in [-0.1, -0.05) is 6.07 Å². The molecule has 0 bridgehead atoms. The number of benzene rings is 1. The Morgan fingerprint density at radius 2 is 2.07 bits per heavy atom. The van der Waals surface area contributed by atoms with Crippen LogP contribution in [0.3, 0.4) is 0 Å². The van der Waals surface area contributed by atoms with Crippen LogP contribution in [0.5, 0.6) is 5.75 Å². The molecule has 0 saturated carbocycles. The minimum atomic E-state index is -1.19. The van der Waals surface area contributed by atoms with Gasteiger partial charge in [-0.2, -0.15) is 0 Å². The number of ether oxygens (including phenoxy) is 1. The van der Waals surface area contributed by atoms with Crippen LogP contribution in [0.25, 0.3) is 0 Å². The van der Waals surface area contributed by atoms with Gasteiger partial charge in [0.25, 0.3) is 5.91 Å². The molecule has 2 aliphatic rings. The lowest BCUT2D eigenvalue weighted by atomic mass is 9.90. The summed E-state index contributed by atoms with van der Waals surface area (Å²) in [7, 11) is 1.58. The summed E-state index contributed by atoms with van der Waals surface area (Å²) in [6.07, 6.45) is 3.01. The van der Waals surface area contributed by atoms with E-state index in [9.17, 15) is 14.4 Å². The highest BCUT2D eigenvalue weighted by molar-refractivity contribution is 6.09. The van der Waals surface area contributed by atoms with Gasteiger partial charge in [0.05, 0.1) is 7.11 Å². The topological polar surface area (TPSA) is 79.0 Å². The molecule has 2 heterocycles. The van der Waals surface area contributed by atoms with E-state index in [4.69, 9.17) is 4.74 Å². The smallest absolute Gasteiger partial charge is 0.325 e. The number of nitrogens with one attached hydrogen (secondary N) is 1. The van der Waals surface area contributed by atoms with Crippen molar-refractivity contribution in [3.8, 4) is 5.75 Å². The SMILES string of the molecule is COc1ccc(C2(C)NC(=O)N(CC(=O)N3CCCCC3C)C2=O)cc1C. The fourth-order valence-electron chi connectivity index (χ4n) is 3.92. The molecule has 2 fully saturated rings. The Morgan fingerprint density at radius 1 is 1.33 bits per heavy atom. The third-order valence-corrected chi connectivity index (χ3v) is 5.66. The number of aryl methyl sites for hydroxylation is 1. The van der Waals surface area contributed by atoms with Gasteiger partial charge in [-0.25, -0.2) is 4.79 Å². The van der Waals surface area contributed by atoms with Crippen molar-refractivity contribution >= 4 is 17.8 Å². The maximum Gasteiger partial charge on any atom is 0.325 e. The fraction of sp³-hybridized carbons (Fsp3) is 0.550. The molecule has 2 atom stereocenters. The van der Waals surface area contributed by atoms with Gasteiger partial charge in [0.2, 0.25) is 5.91 Å². The number of hydrogen-bond acceptors (Lipinski definition) is 4. The van der Waals surface area contributed by atoms with E-state index in [1.807, 2.05) is 19.9 Å². The average Bonchev–Trinajstić information content (AvgIpc) is 2.86. The van der Waals surface area contributed by atoms with E-state index in [2.05, 4.69) is 5.32 Å². The predicted molar refractivity (Wildman–Crippen MR) is 100 cm³/mol. The zero-order chi connectivity index (χ0) is 19.8. The highest BCUT2D eigenvalue weighted by Gasteiger charge is 2.50. The van der Waals surface area contributed by atoms with Crippen molar-refractivity contribution in [3.05, 3.63) is 29.3 Å². The second kappa shape index (κ2) is 7.21. The number of carbonyl (C=O) groups is 3. The normalized spacial score (nSPS) is 25.6. The Labute approximate surface area is 159 Å². The average molecular weight is 373 g/mol. The van der Waals surface area contributed by atoms with Crippen molar-refractivity contribution < 1.29 is 19.1 Å². The minimum Gasteiger partial charge on any atom is -0.496 e. The van der Waals surface area contributed by atoms with Gasteiger partial charge < -0.3 is 15.0 Å². The number of hydrogen-bond donors (Lipinski definition) is 1. The number of carbonyl (C=O) groups excluding carboxylic acids is 3. The minimum absolute atomic E-state index is 0.141. The van der Waals surface area contributed by atoms with E-state index in [0.29, 0.717) is 17.9 Å². The van der Waals surface area contributed by atoms with Gasteiger partial charge in [-0.3, -0.25) is 14.5 Å². The third-order valence-electron chi connectivity index (χ3n) is 5.66. The fourth-order valence-corrected chi connectivity index (χ4v) is 3.92. The summed E-state index contributed by atoms with van der Waals surface area (Å²) in [6, 6.07) is 4.98. The molecule has 0 spiro atoms. The summed E-state index contributed by atoms with van der Waals surface area (Å²) >= 11 is 0. The van der Waals surface area contributed by atoms with Crippen LogP contribution in [0.15, 0.2) is 18.2 Å². The van der Waals surface area contributed by atoms with Gasteiger partial charge in [0, 0.05) is 12.6 Å². The van der Waals surface area contributed by atoms with Gasteiger partial charge >= 0.3 is 6.03 Å².